The van der Waals surface area contributed by atoms with Crippen LogP contribution in [0.15, 0.2) is 24.0 Å². The molecule has 0 bridgehead atoms. The minimum atomic E-state index is -0.0217. The quantitative estimate of drug-likeness (QED) is 0.718. The first-order chi connectivity index (χ1) is 11.1. The van der Waals surface area contributed by atoms with Crippen LogP contribution in [0.1, 0.15) is 21.3 Å². The number of aromatic nitrogens is 5. The Morgan fingerprint density at radius 2 is 2.17 bits per heavy atom. The van der Waals surface area contributed by atoms with Crippen LogP contribution in [-0.2, 0) is 20.1 Å². The lowest BCUT2D eigenvalue weighted by Gasteiger charge is -2.28. The van der Waals surface area contributed by atoms with Crippen molar-refractivity contribution < 1.29 is 4.79 Å². The Balaban J connectivity index is 1.59. The van der Waals surface area contributed by atoms with Gasteiger partial charge < -0.3 is 9.47 Å². The van der Waals surface area contributed by atoms with E-state index in [1.165, 1.54) is 11.3 Å². The van der Waals surface area contributed by atoms with E-state index in [0.29, 0.717) is 18.8 Å². The molecule has 3 aromatic rings. The van der Waals surface area contributed by atoms with Crippen LogP contribution in [-0.4, -0.2) is 41.7 Å². The second-order valence-corrected chi connectivity index (χ2v) is 6.65. The molecule has 1 amide bonds. The van der Waals surface area contributed by atoms with Crippen LogP contribution in [0.3, 0.4) is 0 Å². The summed E-state index contributed by atoms with van der Waals surface area (Å²) in [7, 11) is 1.90. The van der Waals surface area contributed by atoms with E-state index in [4.69, 9.17) is 0 Å². The van der Waals surface area contributed by atoms with E-state index in [1.807, 2.05) is 42.8 Å². The monoisotopic (exact) mass is 328 g/mol. The number of hydrogen-bond donors (Lipinski definition) is 0. The summed E-state index contributed by atoms with van der Waals surface area (Å²) < 4.78 is 3.94. The third kappa shape index (κ3) is 2.44. The predicted octanol–water partition coefficient (Wildman–Crippen LogP) is 1.70. The summed E-state index contributed by atoms with van der Waals surface area (Å²) in [5.74, 6) is 0.877. The average molecular weight is 328 g/mol. The van der Waals surface area contributed by atoms with Crippen LogP contribution in [0.25, 0.3) is 11.3 Å². The number of nitrogens with zero attached hydrogens (tertiary/aromatic N) is 6. The highest BCUT2D eigenvalue weighted by atomic mass is 32.1. The zero-order valence-corrected chi connectivity index (χ0v) is 13.7. The Kier molecular flexibility index (Phi) is 3.26. The molecule has 0 unspecified atom stereocenters. The summed E-state index contributed by atoms with van der Waals surface area (Å²) in [6.45, 7) is 3.81. The fraction of sp³-hybridized carbons (Fsp3) is 0.333. The molecule has 0 aliphatic carbocycles. The molecule has 8 heteroatoms. The van der Waals surface area contributed by atoms with Crippen molar-refractivity contribution in [3.63, 3.8) is 0 Å². The third-order valence-corrected chi connectivity index (χ3v) is 4.76. The minimum Gasteiger partial charge on any atom is -0.328 e. The van der Waals surface area contributed by atoms with Gasteiger partial charge in [-0.1, -0.05) is 0 Å². The molecule has 0 N–H and O–H groups in total. The fourth-order valence-corrected chi connectivity index (χ4v) is 3.43. The van der Waals surface area contributed by atoms with Crippen LogP contribution < -0.4 is 0 Å². The van der Waals surface area contributed by atoms with Crippen molar-refractivity contribution in [3.8, 4) is 11.3 Å². The number of carbonyl (C=O) groups is 1. The van der Waals surface area contributed by atoms with Crippen LogP contribution >= 0.6 is 11.3 Å². The average Bonchev–Trinajstić information content (AvgIpc) is 3.25. The number of carbonyl (C=O) groups excluding carboxylic acids is 1. The lowest BCUT2D eigenvalue weighted by molar-refractivity contribution is 0.0702. The lowest BCUT2D eigenvalue weighted by atomic mass is 10.2. The maximum absolute atomic E-state index is 12.5. The Morgan fingerprint density at radius 1 is 1.30 bits per heavy atom. The Hall–Kier alpha value is -2.48. The molecule has 0 saturated heterocycles. The van der Waals surface area contributed by atoms with Crippen molar-refractivity contribution in [2.45, 2.75) is 20.0 Å². The van der Waals surface area contributed by atoms with E-state index < -0.39 is 0 Å². The van der Waals surface area contributed by atoms with E-state index in [2.05, 4.69) is 19.6 Å². The number of thiazole rings is 1. The van der Waals surface area contributed by atoms with Gasteiger partial charge in [-0.3, -0.25) is 9.48 Å². The zero-order valence-electron chi connectivity index (χ0n) is 12.9. The van der Waals surface area contributed by atoms with Crippen molar-refractivity contribution in [2.24, 2.45) is 7.05 Å². The van der Waals surface area contributed by atoms with E-state index in [0.717, 1.165) is 28.6 Å². The Morgan fingerprint density at radius 3 is 2.87 bits per heavy atom. The molecule has 1 aliphatic rings. The van der Waals surface area contributed by atoms with Gasteiger partial charge in [0, 0.05) is 37.3 Å². The molecule has 7 nitrogen and oxygen atoms in total. The topological polar surface area (TPSA) is 68.8 Å². The molecule has 0 fully saturated rings. The first kappa shape index (κ1) is 14.1. The van der Waals surface area contributed by atoms with Crippen molar-refractivity contribution >= 4 is 17.2 Å². The summed E-state index contributed by atoms with van der Waals surface area (Å²) in [6, 6.07) is 0. The highest BCUT2D eigenvalue weighted by Gasteiger charge is 2.26. The minimum absolute atomic E-state index is 0.0217. The van der Waals surface area contributed by atoms with Crippen molar-refractivity contribution in [1.82, 2.24) is 29.2 Å². The molecule has 0 spiro atoms. The predicted molar refractivity (Wildman–Crippen MR) is 86.0 cm³/mol. The van der Waals surface area contributed by atoms with Gasteiger partial charge in [-0.15, -0.1) is 11.3 Å². The fourth-order valence-electron chi connectivity index (χ4n) is 2.84. The maximum atomic E-state index is 12.5. The maximum Gasteiger partial charge on any atom is 0.273 e. The van der Waals surface area contributed by atoms with Gasteiger partial charge in [-0.05, 0) is 6.92 Å². The molecule has 4 heterocycles. The highest BCUT2D eigenvalue weighted by molar-refractivity contribution is 7.09. The van der Waals surface area contributed by atoms with E-state index in [-0.39, 0.29) is 5.91 Å². The zero-order chi connectivity index (χ0) is 16.0. The van der Waals surface area contributed by atoms with E-state index >= 15 is 0 Å². The molecular weight excluding hydrogens is 312 g/mol. The van der Waals surface area contributed by atoms with E-state index in [9.17, 15) is 4.79 Å². The molecule has 0 aromatic carbocycles. The second-order valence-electron chi connectivity index (χ2n) is 5.59. The Bertz CT molecular complexity index is 876. The molecular formula is C15H16N6OS. The van der Waals surface area contributed by atoms with Crippen LogP contribution in [0.2, 0.25) is 0 Å². The van der Waals surface area contributed by atoms with Gasteiger partial charge in [0.2, 0.25) is 0 Å². The van der Waals surface area contributed by atoms with Gasteiger partial charge in [-0.2, -0.15) is 5.10 Å². The summed E-state index contributed by atoms with van der Waals surface area (Å²) in [6.07, 6.45) is 5.66. The summed E-state index contributed by atoms with van der Waals surface area (Å²) >= 11 is 1.50. The first-order valence-corrected chi connectivity index (χ1v) is 8.24. The molecule has 1 aliphatic heterocycles. The summed E-state index contributed by atoms with van der Waals surface area (Å²) in [4.78, 5) is 23.1. The molecule has 23 heavy (non-hydrogen) atoms. The van der Waals surface area contributed by atoms with Gasteiger partial charge >= 0.3 is 0 Å². The molecule has 4 rings (SSSR count). The molecule has 3 aromatic heterocycles. The summed E-state index contributed by atoms with van der Waals surface area (Å²) in [5.41, 5.74) is 2.62. The molecule has 118 valence electrons. The van der Waals surface area contributed by atoms with Crippen LogP contribution in [0, 0.1) is 6.92 Å². The van der Waals surface area contributed by atoms with Crippen LogP contribution in [0.5, 0.6) is 0 Å². The number of imidazole rings is 1. The van der Waals surface area contributed by atoms with Gasteiger partial charge in [0.15, 0.2) is 0 Å². The highest BCUT2D eigenvalue weighted by Crippen LogP contribution is 2.24. The van der Waals surface area contributed by atoms with Crippen LogP contribution in [0.4, 0.5) is 0 Å². The smallest absolute Gasteiger partial charge is 0.273 e. The summed E-state index contributed by atoms with van der Waals surface area (Å²) in [5, 5.41) is 6.94. The second kappa shape index (κ2) is 5.31. The SMILES string of the molecule is Cc1nc(C(=O)N2CCn3c(-c4cnn(C)c4)cnc3C2)cs1. The van der Waals surface area contributed by atoms with Gasteiger partial charge in [0.25, 0.3) is 5.91 Å². The number of rotatable bonds is 2. The number of fused-ring (bicyclic) bond motifs is 1. The van der Waals surface area contributed by atoms with Gasteiger partial charge in [-0.25, -0.2) is 9.97 Å². The van der Waals surface area contributed by atoms with Gasteiger partial charge in [0.05, 0.1) is 29.6 Å². The third-order valence-electron chi connectivity index (χ3n) is 3.99. The number of amides is 1. The lowest BCUT2D eigenvalue weighted by Crippen LogP contribution is -2.38. The normalized spacial score (nSPS) is 14.1. The first-order valence-electron chi connectivity index (χ1n) is 7.36. The molecule has 0 atom stereocenters. The Labute approximate surface area is 137 Å². The van der Waals surface area contributed by atoms with Crippen molar-refractivity contribution in [2.75, 3.05) is 6.54 Å². The molecule has 0 saturated carbocycles. The number of aryl methyl sites for hydroxylation is 2. The van der Waals surface area contributed by atoms with Gasteiger partial charge in [0.1, 0.15) is 11.5 Å². The molecule has 0 radical (unpaired) electrons. The van der Waals surface area contributed by atoms with Crippen molar-refractivity contribution in [1.29, 1.82) is 0 Å². The van der Waals surface area contributed by atoms with Crippen molar-refractivity contribution in [3.05, 3.63) is 40.5 Å². The number of hydrogen-bond acceptors (Lipinski definition) is 5. The standard InChI is InChI=1S/C15H16N6OS/c1-10-18-12(9-23-10)15(22)20-3-4-21-13(6-16-14(21)8-20)11-5-17-19(2)7-11/h5-7,9H,3-4,8H2,1-2H3. The largest absolute Gasteiger partial charge is 0.328 e. The van der Waals surface area contributed by atoms with E-state index in [1.54, 1.807) is 4.68 Å².